The second kappa shape index (κ2) is 14.1. The fourth-order valence-electron chi connectivity index (χ4n) is 9.55. The second-order valence-electron chi connectivity index (χ2n) is 16.2. The number of hydrogen-bond donors (Lipinski definition) is 0. The van der Waals surface area contributed by atoms with Crippen LogP contribution in [-0.2, 0) is 10.8 Å². The lowest BCUT2D eigenvalue weighted by molar-refractivity contribution is 0.330. The molecule has 0 heterocycles. The Morgan fingerprint density at radius 3 is 1.73 bits per heavy atom. The van der Waals surface area contributed by atoms with Crippen molar-refractivity contribution in [1.82, 2.24) is 0 Å². The van der Waals surface area contributed by atoms with E-state index in [0.29, 0.717) is 0 Å². The summed E-state index contributed by atoms with van der Waals surface area (Å²) in [5, 5.41) is 0. The first-order valence-corrected chi connectivity index (χ1v) is 20.0. The maximum atomic E-state index is 4.36. The lowest BCUT2D eigenvalue weighted by Gasteiger charge is -2.38. The molecular weight excluding hydrogens is 663 g/mol. The Kier molecular flexibility index (Phi) is 8.90. The summed E-state index contributed by atoms with van der Waals surface area (Å²) in [5.74, 6) is 0. The fraction of sp³-hybridized carbons (Fsp3) is 0.185. The molecule has 0 saturated heterocycles. The van der Waals surface area contributed by atoms with E-state index in [9.17, 15) is 0 Å². The van der Waals surface area contributed by atoms with Crippen molar-refractivity contribution in [3.05, 3.63) is 199 Å². The quantitative estimate of drug-likeness (QED) is 0.142. The normalized spacial score (nSPS) is 17.0. The monoisotopic (exact) mass is 711 g/mol. The van der Waals surface area contributed by atoms with Crippen molar-refractivity contribution in [1.29, 1.82) is 0 Å². The molecule has 1 heteroatoms. The Bertz CT molecular complexity index is 2490. The summed E-state index contributed by atoms with van der Waals surface area (Å²) >= 11 is 0. The van der Waals surface area contributed by atoms with Crippen LogP contribution in [0.2, 0.25) is 0 Å². The van der Waals surface area contributed by atoms with Gasteiger partial charge >= 0.3 is 0 Å². The van der Waals surface area contributed by atoms with Crippen LogP contribution in [0.4, 0.5) is 17.1 Å². The van der Waals surface area contributed by atoms with Gasteiger partial charge in [0, 0.05) is 22.4 Å². The smallest absolute Gasteiger partial charge is 0.0540 e. The van der Waals surface area contributed by atoms with Crippen LogP contribution in [0.25, 0.3) is 44.5 Å². The molecule has 1 atom stereocenters. The van der Waals surface area contributed by atoms with E-state index in [4.69, 9.17) is 0 Å². The number of benzene rings is 7. The van der Waals surface area contributed by atoms with Gasteiger partial charge in [-0.15, -0.1) is 0 Å². The predicted octanol–water partition coefficient (Wildman–Crippen LogP) is 15.2. The van der Waals surface area contributed by atoms with Gasteiger partial charge in [-0.2, -0.15) is 0 Å². The third-order valence-corrected chi connectivity index (χ3v) is 12.7. The predicted molar refractivity (Wildman–Crippen MR) is 235 cm³/mol. The van der Waals surface area contributed by atoms with Crippen LogP contribution in [0.15, 0.2) is 182 Å². The number of nitrogens with zero attached hydrogens (tertiary/aromatic N) is 1. The van der Waals surface area contributed by atoms with E-state index in [-0.39, 0.29) is 10.8 Å². The van der Waals surface area contributed by atoms with Crippen LogP contribution in [0.3, 0.4) is 0 Å². The zero-order chi connectivity index (χ0) is 37.6. The molecule has 0 amide bonds. The first-order chi connectivity index (χ1) is 26.8. The molecule has 1 unspecified atom stereocenters. The summed E-state index contributed by atoms with van der Waals surface area (Å²) < 4.78 is 0. The highest BCUT2D eigenvalue weighted by molar-refractivity contribution is 5.91. The molecule has 0 radical (unpaired) electrons. The van der Waals surface area contributed by atoms with Gasteiger partial charge in [0.15, 0.2) is 0 Å². The first kappa shape index (κ1) is 34.8. The van der Waals surface area contributed by atoms with Gasteiger partial charge in [-0.1, -0.05) is 172 Å². The minimum absolute atomic E-state index is 0.0900. The molecule has 7 aromatic rings. The molecule has 1 fully saturated rings. The lowest BCUT2D eigenvalue weighted by atomic mass is 9.66. The highest BCUT2D eigenvalue weighted by Gasteiger charge is 2.36. The van der Waals surface area contributed by atoms with Gasteiger partial charge in [0.05, 0.1) is 5.69 Å². The molecule has 1 saturated carbocycles. The molecule has 7 aromatic carbocycles. The van der Waals surface area contributed by atoms with Crippen LogP contribution in [-0.4, -0.2) is 0 Å². The van der Waals surface area contributed by atoms with Crippen LogP contribution < -0.4 is 4.90 Å². The largest absolute Gasteiger partial charge is 0.310 e. The first-order valence-electron chi connectivity index (χ1n) is 20.0. The van der Waals surface area contributed by atoms with E-state index in [1.165, 1.54) is 86.0 Å². The van der Waals surface area contributed by atoms with Crippen molar-refractivity contribution in [2.24, 2.45) is 0 Å². The molecule has 0 N–H and O–H groups in total. The summed E-state index contributed by atoms with van der Waals surface area (Å²) in [6.45, 7) is 11.4. The molecule has 0 bridgehead atoms. The topological polar surface area (TPSA) is 3.24 Å². The Balaban J connectivity index is 1.05. The number of allylic oxidation sites excluding steroid dienone is 1. The molecular formula is C54H49N. The molecule has 2 aliphatic rings. The highest BCUT2D eigenvalue weighted by atomic mass is 15.1. The van der Waals surface area contributed by atoms with E-state index in [1.54, 1.807) is 0 Å². The third kappa shape index (κ3) is 6.22. The summed E-state index contributed by atoms with van der Waals surface area (Å²) in [7, 11) is 0. The van der Waals surface area contributed by atoms with Crippen LogP contribution in [0.5, 0.6) is 0 Å². The van der Waals surface area contributed by atoms with Gasteiger partial charge < -0.3 is 4.90 Å². The number of fused-ring (bicyclic) bond motifs is 3. The standard InChI is InChI=1S/C54H49N/c1-5-54(35-13-14-38(2)37-54)44-29-25-41(26-30-44)39-21-23-40(24-22-39)42-27-31-45(32-28-42)55(52-20-12-10-17-47(52)43-15-7-6-8-16-43)46-33-34-49-48-18-9-11-19-50(48)53(3,4)51(49)36-46/h6-12,15-34,36H,2,5,13-14,35,37H2,1,3-4H3. The molecule has 1 nitrogen and oxygen atoms in total. The Morgan fingerprint density at radius 2 is 1.07 bits per heavy atom. The van der Waals surface area contributed by atoms with Gasteiger partial charge in [-0.05, 0) is 123 Å². The van der Waals surface area contributed by atoms with Crippen molar-refractivity contribution < 1.29 is 0 Å². The Morgan fingerprint density at radius 1 is 0.527 bits per heavy atom. The van der Waals surface area contributed by atoms with Crippen molar-refractivity contribution >= 4 is 17.1 Å². The maximum Gasteiger partial charge on any atom is 0.0540 e. The zero-order valence-electron chi connectivity index (χ0n) is 32.4. The van der Waals surface area contributed by atoms with E-state index >= 15 is 0 Å². The van der Waals surface area contributed by atoms with Crippen LogP contribution in [0.1, 0.15) is 69.6 Å². The van der Waals surface area contributed by atoms with Gasteiger partial charge in [-0.3, -0.25) is 0 Å². The maximum absolute atomic E-state index is 4.36. The molecule has 55 heavy (non-hydrogen) atoms. The average Bonchev–Trinajstić information content (AvgIpc) is 3.47. The number of rotatable bonds is 8. The minimum Gasteiger partial charge on any atom is -0.310 e. The van der Waals surface area contributed by atoms with Gasteiger partial charge in [-0.25, -0.2) is 0 Å². The van der Waals surface area contributed by atoms with E-state index in [0.717, 1.165) is 29.9 Å². The highest BCUT2D eigenvalue weighted by Crippen LogP contribution is 2.51. The summed E-state index contributed by atoms with van der Waals surface area (Å²) in [6.07, 6.45) is 5.97. The van der Waals surface area contributed by atoms with Crippen molar-refractivity contribution in [2.75, 3.05) is 4.90 Å². The second-order valence-corrected chi connectivity index (χ2v) is 16.2. The van der Waals surface area contributed by atoms with Gasteiger partial charge in [0.2, 0.25) is 0 Å². The Hall–Kier alpha value is -5.92. The molecule has 0 aromatic heterocycles. The lowest BCUT2D eigenvalue weighted by Crippen LogP contribution is -2.28. The molecule has 2 aliphatic carbocycles. The van der Waals surface area contributed by atoms with Crippen molar-refractivity contribution in [3.8, 4) is 44.5 Å². The van der Waals surface area contributed by atoms with E-state index in [1.807, 2.05) is 0 Å². The zero-order valence-corrected chi connectivity index (χ0v) is 32.4. The van der Waals surface area contributed by atoms with E-state index in [2.05, 4.69) is 202 Å². The SMILES string of the molecule is C=C1CCCC(CC)(c2ccc(-c3ccc(-c4ccc(N(c5ccc6c(c5)C(C)(C)c5ccccc5-6)c5ccccc5-c5ccccc5)cc4)cc3)cc2)C1. The number of para-hydroxylation sites is 1. The van der Waals surface area contributed by atoms with Crippen LogP contribution >= 0.6 is 0 Å². The molecule has 0 aliphatic heterocycles. The molecule has 270 valence electrons. The van der Waals surface area contributed by atoms with Crippen molar-refractivity contribution in [2.45, 2.75) is 63.7 Å². The fourth-order valence-corrected chi connectivity index (χ4v) is 9.55. The summed E-state index contributed by atoms with van der Waals surface area (Å²) in [6, 6.07) is 63.0. The number of anilines is 3. The third-order valence-electron chi connectivity index (χ3n) is 12.7. The van der Waals surface area contributed by atoms with Gasteiger partial charge in [0.25, 0.3) is 0 Å². The Labute approximate surface area is 327 Å². The van der Waals surface area contributed by atoms with Crippen LogP contribution in [0, 0.1) is 0 Å². The summed E-state index contributed by atoms with van der Waals surface area (Å²) in [5.41, 5.74) is 19.2. The average molecular weight is 712 g/mol. The van der Waals surface area contributed by atoms with Gasteiger partial charge in [0.1, 0.15) is 0 Å². The van der Waals surface area contributed by atoms with E-state index < -0.39 is 0 Å². The molecule has 0 spiro atoms. The minimum atomic E-state index is -0.0900. The summed E-state index contributed by atoms with van der Waals surface area (Å²) in [4.78, 5) is 2.43. The number of hydrogen-bond acceptors (Lipinski definition) is 1. The molecule has 9 rings (SSSR count). The van der Waals surface area contributed by atoms with Crippen molar-refractivity contribution in [3.63, 3.8) is 0 Å².